The lowest BCUT2D eigenvalue weighted by Crippen LogP contribution is -1.98. The first-order valence-corrected chi connectivity index (χ1v) is 5.86. The number of aromatic nitrogens is 2. The van der Waals surface area contributed by atoms with Crippen molar-refractivity contribution in [1.29, 1.82) is 0 Å². The molecule has 1 aromatic carbocycles. The van der Waals surface area contributed by atoms with Gasteiger partial charge in [-0.25, -0.2) is 4.98 Å². The average Bonchev–Trinajstić information content (AvgIpc) is 2.34. The van der Waals surface area contributed by atoms with Crippen molar-refractivity contribution in [3.8, 4) is 5.75 Å². The second kappa shape index (κ2) is 5.00. The topological polar surface area (TPSA) is 46.0 Å². The molecule has 92 valence electrons. The number of aromatic hydroxyl groups is 1. The van der Waals surface area contributed by atoms with Crippen molar-refractivity contribution in [2.45, 2.75) is 20.8 Å². The van der Waals surface area contributed by atoms with Gasteiger partial charge < -0.3 is 5.11 Å². The first-order chi connectivity index (χ1) is 8.58. The molecule has 3 nitrogen and oxygen atoms in total. The molecule has 0 spiro atoms. The van der Waals surface area contributed by atoms with Crippen molar-refractivity contribution >= 4 is 12.2 Å². The molecular weight excluding hydrogens is 224 g/mol. The maximum Gasteiger partial charge on any atom is 0.122 e. The van der Waals surface area contributed by atoms with E-state index in [1.165, 1.54) is 0 Å². The van der Waals surface area contributed by atoms with Gasteiger partial charge in [0.25, 0.3) is 0 Å². The zero-order valence-electron chi connectivity index (χ0n) is 10.8. The summed E-state index contributed by atoms with van der Waals surface area (Å²) in [6.45, 7) is 5.83. The van der Waals surface area contributed by atoms with Crippen LogP contribution in [0.2, 0.25) is 0 Å². The summed E-state index contributed by atoms with van der Waals surface area (Å²) < 4.78 is 0. The Morgan fingerprint density at radius 3 is 2.28 bits per heavy atom. The molecule has 0 aliphatic carbocycles. The summed E-state index contributed by atoms with van der Waals surface area (Å²) in [4.78, 5) is 8.92. The van der Waals surface area contributed by atoms with E-state index in [-0.39, 0.29) is 5.75 Å². The number of rotatable bonds is 2. The number of para-hydroxylation sites is 1. The third-order valence-electron chi connectivity index (χ3n) is 2.88. The van der Waals surface area contributed by atoms with Crippen LogP contribution in [0.15, 0.2) is 24.3 Å². The quantitative estimate of drug-likeness (QED) is 0.876. The van der Waals surface area contributed by atoms with Crippen LogP contribution in [0.3, 0.4) is 0 Å². The minimum atomic E-state index is 0.267. The van der Waals surface area contributed by atoms with E-state index in [0.29, 0.717) is 0 Å². The smallest absolute Gasteiger partial charge is 0.122 e. The van der Waals surface area contributed by atoms with E-state index in [1.807, 2.05) is 45.1 Å². The molecule has 3 heteroatoms. The van der Waals surface area contributed by atoms with E-state index in [2.05, 4.69) is 9.97 Å². The minimum absolute atomic E-state index is 0.267. The Labute approximate surface area is 107 Å². The standard InChI is InChI=1S/C15H16N2O/c1-10-11(2)17-14(12(3)16-10)9-8-13-6-4-5-7-15(13)18/h4-9,18H,1-3H3. The van der Waals surface area contributed by atoms with E-state index >= 15 is 0 Å². The Hall–Kier alpha value is -2.16. The van der Waals surface area contributed by atoms with Gasteiger partial charge in [-0.2, -0.15) is 0 Å². The summed E-state index contributed by atoms with van der Waals surface area (Å²) in [5.41, 5.74) is 4.38. The van der Waals surface area contributed by atoms with Gasteiger partial charge in [0.1, 0.15) is 5.75 Å². The van der Waals surface area contributed by atoms with Gasteiger partial charge in [-0.1, -0.05) is 18.2 Å². The monoisotopic (exact) mass is 240 g/mol. The van der Waals surface area contributed by atoms with Crippen molar-refractivity contribution in [3.05, 3.63) is 52.6 Å². The summed E-state index contributed by atoms with van der Waals surface area (Å²) in [7, 11) is 0. The van der Waals surface area contributed by atoms with Gasteiger partial charge in [0, 0.05) is 5.56 Å². The van der Waals surface area contributed by atoms with E-state index in [4.69, 9.17) is 0 Å². The molecule has 0 bridgehead atoms. The third-order valence-corrected chi connectivity index (χ3v) is 2.88. The van der Waals surface area contributed by atoms with Crippen LogP contribution in [0.25, 0.3) is 12.2 Å². The number of phenols is 1. The average molecular weight is 240 g/mol. The van der Waals surface area contributed by atoms with Crippen LogP contribution in [-0.2, 0) is 0 Å². The van der Waals surface area contributed by atoms with E-state index in [1.54, 1.807) is 12.1 Å². The number of aryl methyl sites for hydroxylation is 3. The summed E-state index contributed by atoms with van der Waals surface area (Å²) in [5.74, 6) is 0.267. The van der Waals surface area contributed by atoms with Crippen LogP contribution >= 0.6 is 0 Å². The number of hydrogen-bond donors (Lipinski definition) is 1. The second-order valence-electron chi connectivity index (χ2n) is 4.26. The molecule has 0 saturated carbocycles. The molecule has 2 rings (SSSR count). The Balaban J connectivity index is 2.35. The van der Waals surface area contributed by atoms with E-state index < -0.39 is 0 Å². The highest BCUT2D eigenvalue weighted by Crippen LogP contribution is 2.19. The molecule has 0 fully saturated rings. The summed E-state index contributed by atoms with van der Waals surface area (Å²) in [5, 5.41) is 9.67. The molecule has 1 N–H and O–H groups in total. The minimum Gasteiger partial charge on any atom is -0.507 e. The highest BCUT2D eigenvalue weighted by Gasteiger charge is 2.02. The molecule has 2 aromatic rings. The molecule has 0 aliphatic heterocycles. The van der Waals surface area contributed by atoms with Crippen LogP contribution in [0, 0.1) is 20.8 Å². The van der Waals surface area contributed by atoms with Crippen LogP contribution in [-0.4, -0.2) is 15.1 Å². The molecule has 0 atom stereocenters. The maximum atomic E-state index is 9.67. The zero-order chi connectivity index (χ0) is 13.1. The van der Waals surface area contributed by atoms with E-state index in [9.17, 15) is 5.11 Å². The van der Waals surface area contributed by atoms with Crippen molar-refractivity contribution in [2.75, 3.05) is 0 Å². The zero-order valence-corrected chi connectivity index (χ0v) is 10.8. The Kier molecular flexibility index (Phi) is 3.42. The van der Waals surface area contributed by atoms with Crippen molar-refractivity contribution in [1.82, 2.24) is 9.97 Å². The SMILES string of the molecule is Cc1nc(C)c(C=Cc2ccccc2O)nc1C. The first kappa shape index (κ1) is 12.3. The Bertz CT molecular complexity index is 603. The van der Waals surface area contributed by atoms with Gasteiger partial charge in [0.15, 0.2) is 0 Å². The Morgan fingerprint density at radius 1 is 0.889 bits per heavy atom. The normalized spacial score (nSPS) is 11.1. The predicted octanol–water partition coefficient (Wildman–Crippen LogP) is 3.28. The molecule has 0 amide bonds. The van der Waals surface area contributed by atoms with E-state index in [0.717, 1.165) is 28.3 Å². The van der Waals surface area contributed by atoms with Crippen LogP contribution in [0.1, 0.15) is 28.3 Å². The van der Waals surface area contributed by atoms with Gasteiger partial charge >= 0.3 is 0 Å². The molecule has 0 saturated heterocycles. The number of phenolic OH excluding ortho intramolecular Hbond substituents is 1. The second-order valence-corrected chi connectivity index (χ2v) is 4.26. The van der Waals surface area contributed by atoms with Gasteiger partial charge in [-0.15, -0.1) is 0 Å². The fourth-order valence-electron chi connectivity index (χ4n) is 1.69. The van der Waals surface area contributed by atoms with Crippen LogP contribution in [0.5, 0.6) is 5.75 Å². The Morgan fingerprint density at radius 2 is 1.56 bits per heavy atom. The van der Waals surface area contributed by atoms with Crippen LogP contribution < -0.4 is 0 Å². The number of benzene rings is 1. The van der Waals surface area contributed by atoms with Gasteiger partial charge in [-0.05, 0) is 39.0 Å². The lowest BCUT2D eigenvalue weighted by atomic mass is 10.1. The van der Waals surface area contributed by atoms with Gasteiger partial charge in [0.05, 0.1) is 22.8 Å². The summed E-state index contributed by atoms with van der Waals surface area (Å²) >= 11 is 0. The first-order valence-electron chi connectivity index (χ1n) is 5.86. The maximum absolute atomic E-state index is 9.67. The molecule has 0 aliphatic rings. The molecule has 1 heterocycles. The van der Waals surface area contributed by atoms with Gasteiger partial charge in [-0.3, -0.25) is 4.98 Å². The molecule has 0 unspecified atom stereocenters. The fraction of sp³-hybridized carbons (Fsp3) is 0.200. The molecule has 1 aromatic heterocycles. The summed E-state index contributed by atoms with van der Waals surface area (Å²) in [6, 6.07) is 7.21. The lowest BCUT2D eigenvalue weighted by molar-refractivity contribution is 0.474. The highest BCUT2D eigenvalue weighted by atomic mass is 16.3. The largest absolute Gasteiger partial charge is 0.507 e. The molecule has 18 heavy (non-hydrogen) atoms. The number of hydrogen-bond acceptors (Lipinski definition) is 3. The van der Waals surface area contributed by atoms with Crippen LogP contribution in [0.4, 0.5) is 0 Å². The molecule has 0 radical (unpaired) electrons. The fourth-order valence-corrected chi connectivity index (χ4v) is 1.69. The molecular formula is C15H16N2O. The van der Waals surface area contributed by atoms with Crippen molar-refractivity contribution in [3.63, 3.8) is 0 Å². The van der Waals surface area contributed by atoms with Gasteiger partial charge in [0.2, 0.25) is 0 Å². The van der Waals surface area contributed by atoms with Crippen molar-refractivity contribution < 1.29 is 5.11 Å². The third kappa shape index (κ3) is 2.56. The number of nitrogens with zero attached hydrogens (tertiary/aromatic N) is 2. The highest BCUT2D eigenvalue weighted by molar-refractivity contribution is 5.71. The summed E-state index contributed by atoms with van der Waals surface area (Å²) in [6.07, 6.45) is 3.73. The predicted molar refractivity (Wildman–Crippen MR) is 73.3 cm³/mol. The van der Waals surface area contributed by atoms with Crippen molar-refractivity contribution in [2.24, 2.45) is 0 Å². The lowest BCUT2D eigenvalue weighted by Gasteiger charge is -2.04.